The van der Waals surface area contributed by atoms with Crippen LogP contribution < -0.4 is 11.1 Å². The number of fused-ring (bicyclic) bond motifs is 1. The average molecular weight is 206 g/mol. The van der Waals surface area contributed by atoms with Gasteiger partial charge in [-0.2, -0.15) is 0 Å². The van der Waals surface area contributed by atoms with E-state index < -0.39 is 12.0 Å². The van der Waals surface area contributed by atoms with E-state index in [1.165, 1.54) is 5.56 Å². The van der Waals surface area contributed by atoms with E-state index in [0.717, 1.165) is 24.2 Å². The standard InChI is InChI=1S/C11H14N2O2/c12-9(11(14)15)6-8-3-1-2-7-4-5-13-10(7)8/h1-3,9,13H,4-6,12H2,(H,14,15). The van der Waals surface area contributed by atoms with Gasteiger partial charge in [0.25, 0.3) is 0 Å². The molecule has 4 heteroatoms. The fraction of sp³-hybridized carbons (Fsp3) is 0.364. The highest BCUT2D eigenvalue weighted by Crippen LogP contribution is 2.26. The van der Waals surface area contributed by atoms with Crippen molar-refractivity contribution < 1.29 is 9.90 Å². The van der Waals surface area contributed by atoms with Crippen LogP contribution in [0.3, 0.4) is 0 Å². The molecule has 4 N–H and O–H groups in total. The zero-order chi connectivity index (χ0) is 10.8. The lowest BCUT2D eigenvalue weighted by Gasteiger charge is -2.11. The Morgan fingerprint density at radius 1 is 1.60 bits per heavy atom. The van der Waals surface area contributed by atoms with Crippen LogP contribution in [-0.4, -0.2) is 23.7 Å². The molecule has 1 aromatic rings. The Morgan fingerprint density at radius 2 is 2.40 bits per heavy atom. The van der Waals surface area contributed by atoms with Crippen LogP contribution in [0.25, 0.3) is 0 Å². The van der Waals surface area contributed by atoms with Gasteiger partial charge in [-0.15, -0.1) is 0 Å². The highest BCUT2D eigenvalue weighted by molar-refractivity contribution is 5.74. The van der Waals surface area contributed by atoms with Gasteiger partial charge >= 0.3 is 5.97 Å². The monoisotopic (exact) mass is 206 g/mol. The van der Waals surface area contributed by atoms with E-state index in [1.807, 2.05) is 12.1 Å². The summed E-state index contributed by atoms with van der Waals surface area (Å²) in [5, 5.41) is 12.0. The van der Waals surface area contributed by atoms with Crippen molar-refractivity contribution in [1.29, 1.82) is 0 Å². The molecule has 15 heavy (non-hydrogen) atoms. The molecule has 0 amide bonds. The van der Waals surface area contributed by atoms with Crippen molar-refractivity contribution in [1.82, 2.24) is 0 Å². The van der Waals surface area contributed by atoms with Gasteiger partial charge in [-0.25, -0.2) is 0 Å². The van der Waals surface area contributed by atoms with Crippen molar-refractivity contribution in [2.75, 3.05) is 11.9 Å². The first-order valence-corrected chi connectivity index (χ1v) is 5.01. The van der Waals surface area contributed by atoms with Crippen LogP contribution in [0, 0.1) is 0 Å². The maximum Gasteiger partial charge on any atom is 0.320 e. The number of aliphatic carboxylic acids is 1. The molecule has 0 aliphatic carbocycles. The Balaban J connectivity index is 2.22. The number of rotatable bonds is 3. The molecule has 80 valence electrons. The quantitative estimate of drug-likeness (QED) is 0.677. The van der Waals surface area contributed by atoms with Crippen LogP contribution >= 0.6 is 0 Å². The second-order valence-electron chi connectivity index (χ2n) is 3.78. The predicted molar refractivity (Wildman–Crippen MR) is 58.0 cm³/mol. The van der Waals surface area contributed by atoms with Crippen molar-refractivity contribution in [3.63, 3.8) is 0 Å². The summed E-state index contributed by atoms with van der Waals surface area (Å²) in [5.41, 5.74) is 8.85. The van der Waals surface area contributed by atoms with Gasteiger partial charge < -0.3 is 16.2 Å². The summed E-state index contributed by atoms with van der Waals surface area (Å²) in [6, 6.07) is 5.12. The molecule has 0 radical (unpaired) electrons. The minimum absolute atomic E-state index is 0.380. The Hall–Kier alpha value is -1.55. The number of carboxylic acid groups (broad SMARTS) is 1. The first-order valence-electron chi connectivity index (χ1n) is 5.01. The lowest BCUT2D eigenvalue weighted by Crippen LogP contribution is -2.32. The Morgan fingerprint density at radius 3 is 3.13 bits per heavy atom. The van der Waals surface area contributed by atoms with E-state index in [4.69, 9.17) is 10.8 Å². The normalized spacial score (nSPS) is 15.5. The van der Waals surface area contributed by atoms with Gasteiger partial charge in [0.1, 0.15) is 6.04 Å². The van der Waals surface area contributed by atoms with Gasteiger partial charge in [0, 0.05) is 18.7 Å². The third-order valence-corrected chi connectivity index (χ3v) is 2.69. The van der Waals surface area contributed by atoms with Gasteiger partial charge in [0.15, 0.2) is 0 Å². The Labute approximate surface area is 88.1 Å². The molecule has 4 nitrogen and oxygen atoms in total. The summed E-state index contributed by atoms with van der Waals surface area (Å²) in [5.74, 6) is -0.953. The number of carbonyl (C=O) groups is 1. The molecule has 0 fully saturated rings. The lowest BCUT2D eigenvalue weighted by molar-refractivity contribution is -0.138. The SMILES string of the molecule is NC(Cc1cccc2c1NCC2)C(=O)O. The molecule has 1 aliphatic rings. The molecule has 1 heterocycles. The second kappa shape index (κ2) is 3.90. The van der Waals surface area contributed by atoms with Crippen LogP contribution in [0.2, 0.25) is 0 Å². The molecule has 0 saturated carbocycles. The third-order valence-electron chi connectivity index (χ3n) is 2.69. The Bertz CT molecular complexity index is 390. The van der Waals surface area contributed by atoms with Crippen LogP contribution in [0.4, 0.5) is 5.69 Å². The third kappa shape index (κ3) is 1.94. The largest absolute Gasteiger partial charge is 0.480 e. The summed E-state index contributed by atoms with van der Waals surface area (Å²) >= 11 is 0. The molecule has 1 aromatic carbocycles. The van der Waals surface area contributed by atoms with Crippen molar-refractivity contribution in [2.24, 2.45) is 5.73 Å². The minimum atomic E-state index is -0.953. The average Bonchev–Trinajstić information content (AvgIpc) is 2.66. The molecule has 0 saturated heterocycles. The zero-order valence-corrected chi connectivity index (χ0v) is 8.36. The molecular weight excluding hydrogens is 192 g/mol. The summed E-state index contributed by atoms with van der Waals surface area (Å²) < 4.78 is 0. The second-order valence-corrected chi connectivity index (χ2v) is 3.78. The maximum absolute atomic E-state index is 10.7. The van der Waals surface area contributed by atoms with Gasteiger partial charge in [0.05, 0.1) is 0 Å². The van der Waals surface area contributed by atoms with Crippen molar-refractivity contribution in [3.05, 3.63) is 29.3 Å². The summed E-state index contributed by atoms with van der Waals surface area (Å²) in [6.45, 7) is 0.925. The number of nitrogens with two attached hydrogens (primary N) is 1. The first-order chi connectivity index (χ1) is 7.18. The topological polar surface area (TPSA) is 75.3 Å². The minimum Gasteiger partial charge on any atom is -0.480 e. The first kappa shape index (κ1) is 9.98. The highest BCUT2D eigenvalue weighted by Gasteiger charge is 2.18. The van der Waals surface area contributed by atoms with E-state index in [9.17, 15) is 4.79 Å². The molecule has 1 unspecified atom stereocenters. The van der Waals surface area contributed by atoms with Gasteiger partial charge in [0.2, 0.25) is 0 Å². The lowest BCUT2D eigenvalue weighted by atomic mass is 10.0. The van der Waals surface area contributed by atoms with E-state index >= 15 is 0 Å². The molecule has 0 aromatic heterocycles. The summed E-state index contributed by atoms with van der Waals surface area (Å²) in [4.78, 5) is 10.7. The summed E-state index contributed by atoms with van der Waals surface area (Å²) in [7, 11) is 0. The molecule has 0 bridgehead atoms. The zero-order valence-electron chi connectivity index (χ0n) is 8.36. The Kier molecular flexibility index (Phi) is 2.60. The fourth-order valence-corrected chi connectivity index (χ4v) is 1.91. The maximum atomic E-state index is 10.7. The van der Waals surface area contributed by atoms with Crippen molar-refractivity contribution in [2.45, 2.75) is 18.9 Å². The van der Waals surface area contributed by atoms with Gasteiger partial charge in [-0.05, 0) is 17.5 Å². The molecule has 1 aliphatic heterocycles. The number of nitrogens with one attached hydrogen (secondary N) is 1. The van der Waals surface area contributed by atoms with E-state index in [2.05, 4.69) is 11.4 Å². The number of anilines is 1. The van der Waals surface area contributed by atoms with Crippen LogP contribution in [0.15, 0.2) is 18.2 Å². The molecule has 1 atom stereocenters. The fourth-order valence-electron chi connectivity index (χ4n) is 1.91. The number of para-hydroxylation sites is 1. The molecular formula is C11H14N2O2. The van der Waals surface area contributed by atoms with Crippen molar-refractivity contribution >= 4 is 11.7 Å². The van der Waals surface area contributed by atoms with Crippen LogP contribution in [0.5, 0.6) is 0 Å². The predicted octanol–water partition coefficient (Wildman–Crippen LogP) is 0.609. The van der Waals surface area contributed by atoms with E-state index in [1.54, 1.807) is 0 Å². The smallest absolute Gasteiger partial charge is 0.320 e. The van der Waals surface area contributed by atoms with E-state index in [-0.39, 0.29) is 0 Å². The molecule has 0 spiro atoms. The van der Waals surface area contributed by atoms with Gasteiger partial charge in [-0.1, -0.05) is 18.2 Å². The molecule has 2 rings (SSSR count). The summed E-state index contributed by atoms with van der Waals surface area (Å²) in [6.07, 6.45) is 1.39. The van der Waals surface area contributed by atoms with Crippen molar-refractivity contribution in [3.8, 4) is 0 Å². The highest BCUT2D eigenvalue weighted by atomic mass is 16.4. The number of hydrogen-bond acceptors (Lipinski definition) is 3. The number of benzene rings is 1. The van der Waals surface area contributed by atoms with E-state index in [0.29, 0.717) is 6.42 Å². The van der Waals surface area contributed by atoms with Crippen LogP contribution in [-0.2, 0) is 17.6 Å². The van der Waals surface area contributed by atoms with Crippen LogP contribution in [0.1, 0.15) is 11.1 Å². The van der Waals surface area contributed by atoms with Gasteiger partial charge in [-0.3, -0.25) is 4.79 Å². The number of hydrogen-bond donors (Lipinski definition) is 3. The number of carboxylic acids is 1.